The molecule has 0 atom stereocenters. The van der Waals surface area contributed by atoms with Crippen molar-refractivity contribution in [1.82, 2.24) is 82.4 Å². The van der Waals surface area contributed by atoms with Gasteiger partial charge in [0.25, 0.3) is 23.6 Å². The molecule has 21 rings (SSSR count). The Morgan fingerprint density at radius 1 is 0.380 bits per heavy atom. The van der Waals surface area contributed by atoms with E-state index in [1.807, 2.05) is 219 Å². The maximum absolute atomic E-state index is 13.2. The van der Waals surface area contributed by atoms with Crippen LogP contribution in [0.25, 0.3) is 112 Å². The number of benzene rings is 8. The molecule has 2 N–H and O–H groups in total. The van der Waals surface area contributed by atoms with E-state index in [2.05, 4.69) is 88.4 Å². The van der Waals surface area contributed by atoms with Crippen LogP contribution < -0.4 is 10.6 Å². The lowest BCUT2D eigenvalue weighted by atomic mass is 10.0. The van der Waals surface area contributed by atoms with Gasteiger partial charge in [-0.15, -0.1) is 0 Å². The predicted molar refractivity (Wildman–Crippen MR) is 522 cm³/mol. The van der Waals surface area contributed by atoms with Gasteiger partial charge < -0.3 is 44.8 Å². The number of likely N-dealkylation sites (N-methyl/N-ethyl adjacent to an activating group) is 2. The Kier molecular flexibility index (Phi) is 27.2. The first-order chi connectivity index (χ1) is 66.9. The number of likely N-dealkylation sites (tertiary alicyclic amines) is 1. The molecule has 16 aromatic rings. The second-order valence-electron chi connectivity index (χ2n) is 34.3. The molecule has 29 nitrogen and oxygen atoms in total. The van der Waals surface area contributed by atoms with Crippen LogP contribution in [0.2, 0.25) is 0 Å². The highest BCUT2D eigenvalue weighted by Crippen LogP contribution is 2.35. The van der Waals surface area contributed by atoms with Gasteiger partial charge in [-0.3, -0.25) is 46.9 Å². The summed E-state index contributed by atoms with van der Waals surface area (Å²) in [4.78, 5) is 108. The van der Waals surface area contributed by atoms with Crippen LogP contribution in [0.1, 0.15) is 83.5 Å². The van der Waals surface area contributed by atoms with Crippen molar-refractivity contribution in [1.29, 1.82) is 21.0 Å². The fourth-order valence-corrected chi connectivity index (χ4v) is 17.7. The van der Waals surface area contributed by atoms with Gasteiger partial charge in [0, 0.05) is 175 Å². The number of fused-ring (bicyclic) bond motifs is 4. The third-order valence-corrected chi connectivity index (χ3v) is 25.6. The number of nitriles is 4. The number of nitrogens with zero attached hydrogens (tertiary/aromatic N) is 20. The van der Waals surface area contributed by atoms with Crippen molar-refractivity contribution in [2.45, 2.75) is 25.8 Å². The second kappa shape index (κ2) is 41.1. The van der Waals surface area contributed by atoms with Gasteiger partial charge in [0.1, 0.15) is 23.5 Å². The molecule has 5 aliphatic heterocycles. The van der Waals surface area contributed by atoms with E-state index >= 15 is 0 Å². The predicted octanol–water partition coefficient (Wildman–Crippen LogP) is 14.8. The quantitative estimate of drug-likeness (QED) is 0.102. The first-order valence-electron chi connectivity index (χ1n) is 45.5. The zero-order valence-corrected chi connectivity index (χ0v) is 75.9. The minimum absolute atomic E-state index is 0.0436. The van der Waals surface area contributed by atoms with E-state index in [-0.39, 0.29) is 42.0 Å². The van der Waals surface area contributed by atoms with E-state index in [1.54, 1.807) is 93.3 Å². The number of ether oxygens (including phenoxy) is 1. The molecule has 0 bridgehead atoms. The fourth-order valence-electron chi connectivity index (χ4n) is 17.7. The molecule has 0 saturated carbocycles. The molecule has 29 heteroatoms. The molecule has 0 spiro atoms. The average Bonchev–Trinajstić information content (AvgIpc) is 0.845. The zero-order chi connectivity index (χ0) is 94.6. The van der Waals surface area contributed by atoms with Crippen molar-refractivity contribution in [2.75, 3.05) is 131 Å². The van der Waals surface area contributed by atoms with Crippen LogP contribution in [0, 0.1) is 45.3 Å². The first-order valence-corrected chi connectivity index (χ1v) is 45.5. The van der Waals surface area contributed by atoms with Crippen LogP contribution >= 0.6 is 0 Å². The molecule has 5 fully saturated rings. The average molecular weight is 1810 g/mol. The lowest BCUT2D eigenvalue weighted by Crippen LogP contribution is -2.52. The molecule has 13 heterocycles. The van der Waals surface area contributed by atoms with Gasteiger partial charge >= 0.3 is 0 Å². The van der Waals surface area contributed by atoms with Gasteiger partial charge in [-0.2, -0.15) is 26.1 Å². The van der Waals surface area contributed by atoms with E-state index < -0.39 is 0 Å². The minimum Gasteiger partial charge on any atom is -0.378 e. The maximum Gasteiger partial charge on any atom is 0.256 e. The number of carbonyl (C=O) groups is 6. The number of carbonyl (C=O) groups excluding carboxylic acids is 6. The summed E-state index contributed by atoms with van der Waals surface area (Å²) >= 11 is 0. The standard InChI is InChI=1S/C31H32N6O.C27H23N5O3.C26H21N5O2.C24H20N6O/c1-34-16-18-35(19-17-34)28-12-14-36(15-13-28)31(38)26-8-6-24(7-9-26)27-10-11-30-33-21-29(37(30)22-27)25-4-2-23(20-32)3-5-25;1-18(33)30-24-14-21(6-8-23(24)27(34)31-10-12-35-13-11-31)22-7-9-26-29-16-25(32(26)17-22)20-4-2-19(15-28)3-5-20;1-29-12-13-30(17-25(29)32)26(33)21-8-6-19(7-9-21)22-10-11-24-28-15-23(31(24)16-22)20-4-2-18(14-27)3-5-20;25-15-17-1-3-19(4-2-17)22-16-27-23-10-9-21(28-30(22)23)18-5-7-20(8-6-18)24(31)29-13-11-26-12-14-29/h2-11,21-22,28H,12-19H2,1H3;2-9,14,16-17H,10-13H2,1H3,(H,30,33);2-11,15-16H,12-13,17H2,1H3;1-10,16,26H,11-14H2. The van der Waals surface area contributed by atoms with Crippen molar-refractivity contribution >= 4 is 63.7 Å². The molecule has 0 unspecified atom stereocenters. The normalized spacial score (nSPS) is 14.8. The lowest BCUT2D eigenvalue weighted by molar-refractivity contribution is -0.133. The molecule has 5 aliphatic rings. The van der Waals surface area contributed by atoms with E-state index in [0.29, 0.717) is 90.1 Å². The first kappa shape index (κ1) is 90.6. The van der Waals surface area contributed by atoms with Crippen LogP contribution in [0.4, 0.5) is 5.69 Å². The van der Waals surface area contributed by atoms with Crippen LogP contribution in [-0.4, -0.2) is 244 Å². The molecule has 8 aromatic heterocycles. The summed E-state index contributed by atoms with van der Waals surface area (Å²) in [5, 5.41) is 47.1. The molecule has 5 saturated heterocycles. The van der Waals surface area contributed by atoms with Gasteiger partial charge in [-0.25, -0.2) is 24.5 Å². The van der Waals surface area contributed by atoms with E-state index in [1.165, 1.54) is 6.92 Å². The van der Waals surface area contributed by atoms with Gasteiger partial charge in [0.15, 0.2) is 5.65 Å². The van der Waals surface area contributed by atoms with Crippen LogP contribution in [0.3, 0.4) is 0 Å². The lowest BCUT2D eigenvalue weighted by Gasteiger charge is -2.42. The Morgan fingerprint density at radius 3 is 1.20 bits per heavy atom. The smallest absolute Gasteiger partial charge is 0.256 e. The highest BCUT2D eigenvalue weighted by atomic mass is 16.5. The molecule has 8 aromatic carbocycles. The Hall–Kier alpha value is -16.9. The second-order valence-corrected chi connectivity index (χ2v) is 34.3. The Balaban J connectivity index is 0.000000122. The number of hydrogen-bond acceptors (Lipinski definition) is 19. The van der Waals surface area contributed by atoms with E-state index in [4.69, 9.17) is 30.9 Å². The Labute approximate surface area is 791 Å². The summed E-state index contributed by atoms with van der Waals surface area (Å²) in [5.41, 5.74) is 23.7. The number of piperazine rings is 3. The molecular formula is C108H96N22O7. The summed E-state index contributed by atoms with van der Waals surface area (Å²) in [6.07, 6.45) is 15.4. The van der Waals surface area contributed by atoms with E-state index in [9.17, 15) is 28.8 Å². The van der Waals surface area contributed by atoms with Crippen molar-refractivity contribution in [3.8, 4) is 114 Å². The number of piperidine rings is 1. The van der Waals surface area contributed by atoms with Crippen LogP contribution in [0.5, 0.6) is 0 Å². The molecule has 0 radical (unpaired) electrons. The number of hydrogen-bond donors (Lipinski definition) is 2. The molecule has 6 amide bonds. The summed E-state index contributed by atoms with van der Waals surface area (Å²) in [6, 6.07) is 83.1. The topological polar surface area (TPSA) is 336 Å². The SMILES string of the molecule is CC(=O)Nc1cc(-c2ccc3ncc(-c4ccc(C#N)cc4)n3c2)ccc1C(=O)N1CCOCC1.CN1CCN(C(=O)c2ccc(-c3ccc4ncc(-c5ccc(C#N)cc5)n4c3)cc2)CC1=O.CN1CCN(C2CCN(C(=O)c3ccc(-c4ccc5ncc(-c6ccc(C#N)cc6)n5c4)cc3)CC2)CC1.N#Cc1ccc(-c2cnc3ccc(-c4ccc(C(=O)N5CCNCC5)cc4)nn23)cc1. The highest BCUT2D eigenvalue weighted by Gasteiger charge is 2.31. The third kappa shape index (κ3) is 20.4. The van der Waals surface area contributed by atoms with Gasteiger partial charge in [0.2, 0.25) is 11.8 Å². The summed E-state index contributed by atoms with van der Waals surface area (Å²) in [7, 11) is 3.94. The number of amides is 6. The number of nitrogens with one attached hydrogen (secondary N) is 2. The Bertz CT molecular complexity index is 7360. The number of morpholine rings is 1. The van der Waals surface area contributed by atoms with Crippen molar-refractivity contribution in [2.24, 2.45) is 0 Å². The molecule has 0 aliphatic carbocycles. The summed E-state index contributed by atoms with van der Waals surface area (Å²) in [6.45, 7) is 14.0. The Morgan fingerprint density at radius 2 is 0.759 bits per heavy atom. The summed E-state index contributed by atoms with van der Waals surface area (Å²) < 4.78 is 13.2. The number of imidazole rings is 4. The third-order valence-electron chi connectivity index (χ3n) is 25.6. The largest absolute Gasteiger partial charge is 0.378 e. The van der Waals surface area contributed by atoms with Crippen molar-refractivity contribution in [3.63, 3.8) is 0 Å². The molecule has 137 heavy (non-hydrogen) atoms. The highest BCUT2D eigenvalue weighted by molar-refractivity contribution is 6.05. The molecule has 680 valence electrons. The monoisotopic (exact) mass is 1810 g/mol. The zero-order valence-electron chi connectivity index (χ0n) is 75.9. The maximum atomic E-state index is 13.2. The van der Waals surface area contributed by atoms with Crippen LogP contribution in [-0.2, 0) is 14.3 Å². The molecular weight excluding hydrogens is 1720 g/mol. The minimum atomic E-state index is -0.244. The number of anilines is 1. The fraction of sp³-hybridized carbons (Fsp3) is 0.213. The van der Waals surface area contributed by atoms with Crippen molar-refractivity contribution < 1.29 is 33.5 Å². The summed E-state index contributed by atoms with van der Waals surface area (Å²) in [5.74, 6) is -0.354. The van der Waals surface area contributed by atoms with Gasteiger partial charge in [-0.1, -0.05) is 91.0 Å². The van der Waals surface area contributed by atoms with Gasteiger partial charge in [-0.05, 0) is 199 Å². The van der Waals surface area contributed by atoms with Gasteiger partial charge in [0.05, 0.1) is 124 Å². The van der Waals surface area contributed by atoms with Crippen molar-refractivity contribution in [3.05, 3.63) is 324 Å². The number of pyridine rings is 3. The van der Waals surface area contributed by atoms with Crippen LogP contribution in [0.15, 0.2) is 280 Å². The number of aromatic nitrogens is 9. The van der Waals surface area contributed by atoms with E-state index in [0.717, 1.165) is 196 Å². The number of rotatable bonds is 14.